The third-order valence-electron chi connectivity index (χ3n) is 1.44. The zero-order valence-corrected chi connectivity index (χ0v) is 9.66. The standard InChI is InChI=1S/C10H15NO4S/c1-3-5-15-10(14)11-8(9(12)13)7-16-6-4-2/h3-4,8H,1-2,5-7H2,(H,11,14)(H,12,13). The lowest BCUT2D eigenvalue weighted by Crippen LogP contribution is -2.42. The van der Waals surface area contributed by atoms with Gasteiger partial charge in [-0.15, -0.1) is 6.58 Å². The van der Waals surface area contributed by atoms with E-state index in [9.17, 15) is 9.59 Å². The van der Waals surface area contributed by atoms with Gasteiger partial charge in [-0.05, 0) is 0 Å². The highest BCUT2D eigenvalue weighted by atomic mass is 32.2. The molecule has 0 aromatic carbocycles. The first-order valence-corrected chi connectivity index (χ1v) is 5.73. The van der Waals surface area contributed by atoms with Crippen LogP contribution in [-0.4, -0.2) is 41.3 Å². The van der Waals surface area contributed by atoms with Gasteiger partial charge in [-0.2, -0.15) is 11.8 Å². The van der Waals surface area contributed by atoms with E-state index in [4.69, 9.17) is 5.11 Å². The molecular formula is C10H15NO4S. The molecule has 5 nitrogen and oxygen atoms in total. The van der Waals surface area contributed by atoms with Crippen LogP contribution >= 0.6 is 11.8 Å². The van der Waals surface area contributed by atoms with Crippen LogP contribution in [0.5, 0.6) is 0 Å². The van der Waals surface area contributed by atoms with Crippen LogP contribution in [0, 0.1) is 0 Å². The maximum Gasteiger partial charge on any atom is 0.408 e. The van der Waals surface area contributed by atoms with Gasteiger partial charge in [-0.25, -0.2) is 9.59 Å². The van der Waals surface area contributed by atoms with Crippen LogP contribution in [0.25, 0.3) is 0 Å². The van der Waals surface area contributed by atoms with E-state index < -0.39 is 18.1 Å². The van der Waals surface area contributed by atoms with Crippen molar-refractivity contribution in [2.45, 2.75) is 6.04 Å². The molecule has 2 N–H and O–H groups in total. The van der Waals surface area contributed by atoms with Gasteiger partial charge in [0.25, 0.3) is 0 Å². The van der Waals surface area contributed by atoms with E-state index in [0.29, 0.717) is 5.75 Å². The average Bonchev–Trinajstić information content (AvgIpc) is 2.25. The number of carboxylic acid groups (broad SMARTS) is 1. The largest absolute Gasteiger partial charge is 0.480 e. The number of carbonyl (C=O) groups excluding carboxylic acids is 1. The van der Waals surface area contributed by atoms with Crippen LogP contribution < -0.4 is 5.32 Å². The van der Waals surface area contributed by atoms with E-state index in [-0.39, 0.29) is 12.4 Å². The number of aliphatic carboxylic acids is 1. The monoisotopic (exact) mass is 245 g/mol. The van der Waals surface area contributed by atoms with E-state index >= 15 is 0 Å². The van der Waals surface area contributed by atoms with Gasteiger partial charge in [0.2, 0.25) is 0 Å². The summed E-state index contributed by atoms with van der Waals surface area (Å²) in [4.78, 5) is 21.8. The molecule has 90 valence electrons. The van der Waals surface area contributed by atoms with Gasteiger partial charge in [0.1, 0.15) is 12.6 Å². The molecule has 0 fully saturated rings. The SMILES string of the molecule is C=CCOC(=O)NC(CSCC=C)C(=O)O. The molecule has 6 heteroatoms. The summed E-state index contributed by atoms with van der Waals surface area (Å²) in [6.07, 6.45) is 2.31. The number of alkyl carbamates (subject to hydrolysis) is 1. The highest BCUT2D eigenvalue weighted by Gasteiger charge is 2.19. The molecular weight excluding hydrogens is 230 g/mol. The van der Waals surface area contributed by atoms with Crippen LogP contribution in [0.2, 0.25) is 0 Å². The highest BCUT2D eigenvalue weighted by molar-refractivity contribution is 7.99. The van der Waals surface area contributed by atoms with Crippen LogP contribution in [0.4, 0.5) is 4.79 Å². The minimum absolute atomic E-state index is 0.0535. The van der Waals surface area contributed by atoms with Gasteiger partial charge in [-0.3, -0.25) is 0 Å². The highest BCUT2D eigenvalue weighted by Crippen LogP contribution is 2.03. The normalized spacial score (nSPS) is 11.2. The molecule has 0 bridgehead atoms. The molecule has 0 aromatic rings. The number of carboxylic acids is 1. The number of carbonyl (C=O) groups is 2. The molecule has 0 rings (SSSR count). The number of ether oxygens (including phenoxy) is 1. The Kier molecular flexibility index (Phi) is 8.05. The quantitative estimate of drug-likeness (QED) is 0.497. The fraction of sp³-hybridized carbons (Fsp3) is 0.400. The zero-order valence-electron chi connectivity index (χ0n) is 8.85. The first-order valence-electron chi connectivity index (χ1n) is 4.57. The predicted molar refractivity (Wildman–Crippen MR) is 63.6 cm³/mol. The molecule has 0 saturated heterocycles. The van der Waals surface area contributed by atoms with Crippen molar-refractivity contribution in [3.8, 4) is 0 Å². The summed E-state index contributed by atoms with van der Waals surface area (Å²) in [5.41, 5.74) is 0. The molecule has 0 aliphatic carbocycles. The summed E-state index contributed by atoms with van der Waals surface area (Å²) in [6, 6.07) is -0.956. The molecule has 0 aromatic heterocycles. The number of hydrogen-bond donors (Lipinski definition) is 2. The first kappa shape index (κ1) is 14.6. The molecule has 1 unspecified atom stereocenters. The zero-order chi connectivity index (χ0) is 12.4. The molecule has 0 aliphatic rings. The maximum absolute atomic E-state index is 11.1. The number of nitrogens with one attached hydrogen (secondary N) is 1. The van der Waals surface area contributed by atoms with Crippen LogP contribution in [-0.2, 0) is 9.53 Å². The van der Waals surface area contributed by atoms with Crippen molar-refractivity contribution in [3.05, 3.63) is 25.3 Å². The molecule has 0 aliphatic heterocycles. The molecule has 0 radical (unpaired) electrons. The number of rotatable bonds is 8. The topological polar surface area (TPSA) is 75.6 Å². The summed E-state index contributed by atoms with van der Waals surface area (Å²) in [5, 5.41) is 11.1. The lowest BCUT2D eigenvalue weighted by atomic mass is 10.3. The predicted octanol–water partition coefficient (Wildman–Crippen LogP) is 1.27. The maximum atomic E-state index is 11.1. The average molecular weight is 245 g/mol. The van der Waals surface area contributed by atoms with E-state index in [1.54, 1.807) is 6.08 Å². The summed E-state index contributed by atoms with van der Waals surface area (Å²) in [5.74, 6) is -0.190. The lowest BCUT2D eigenvalue weighted by Gasteiger charge is -2.13. The van der Waals surface area contributed by atoms with Crippen molar-refractivity contribution in [3.63, 3.8) is 0 Å². The third-order valence-corrected chi connectivity index (χ3v) is 2.48. The Morgan fingerprint density at radius 2 is 2.12 bits per heavy atom. The van der Waals surface area contributed by atoms with Crippen molar-refractivity contribution in [2.75, 3.05) is 18.1 Å². The fourth-order valence-corrected chi connectivity index (χ4v) is 1.53. The van der Waals surface area contributed by atoms with Gasteiger partial charge in [-0.1, -0.05) is 18.7 Å². The lowest BCUT2D eigenvalue weighted by molar-refractivity contribution is -0.138. The Labute approximate surface area is 98.5 Å². The molecule has 0 heterocycles. The number of hydrogen-bond acceptors (Lipinski definition) is 4. The molecule has 0 saturated carbocycles. The second-order valence-corrected chi connectivity index (χ2v) is 3.82. The van der Waals surface area contributed by atoms with Gasteiger partial charge < -0.3 is 15.2 Å². The minimum atomic E-state index is -1.09. The van der Waals surface area contributed by atoms with E-state index in [0.717, 1.165) is 0 Å². The Morgan fingerprint density at radius 1 is 1.44 bits per heavy atom. The van der Waals surface area contributed by atoms with Gasteiger partial charge in [0.05, 0.1) is 0 Å². The van der Waals surface area contributed by atoms with Crippen molar-refractivity contribution in [1.82, 2.24) is 5.32 Å². The van der Waals surface area contributed by atoms with E-state index in [2.05, 4.69) is 23.2 Å². The minimum Gasteiger partial charge on any atom is -0.480 e. The van der Waals surface area contributed by atoms with E-state index in [1.165, 1.54) is 17.8 Å². The van der Waals surface area contributed by atoms with Crippen LogP contribution in [0.15, 0.2) is 25.3 Å². The van der Waals surface area contributed by atoms with Crippen molar-refractivity contribution >= 4 is 23.8 Å². The Morgan fingerprint density at radius 3 is 2.62 bits per heavy atom. The molecule has 16 heavy (non-hydrogen) atoms. The molecule has 0 spiro atoms. The van der Waals surface area contributed by atoms with Crippen LogP contribution in [0.3, 0.4) is 0 Å². The summed E-state index contributed by atoms with van der Waals surface area (Å²) >= 11 is 1.37. The summed E-state index contributed by atoms with van der Waals surface area (Å²) in [6.45, 7) is 6.94. The molecule has 1 amide bonds. The van der Waals surface area contributed by atoms with Crippen molar-refractivity contribution in [1.29, 1.82) is 0 Å². The smallest absolute Gasteiger partial charge is 0.408 e. The van der Waals surface area contributed by atoms with Crippen molar-refractivity contribution in [2.24, 2.45) is 0 Å². The Hall–Kier alpha value is -1.43. The summed E-state index contributed by atoms with van der Waals surface area (Å²) < 4.78 is 4.62. The van der Waals surface area contributed by atoms with E-state index in [1.807, 2.05) is 0 Å². The molecule has 1 atom stereocenters. The van der Waals surface area contributed by atoms with Crippen LogP contribution in [0.1, 0.15) is 0 Å². The van der Waals surface area contributed by atoms with Crippen molar-refractivity contribution < 1.29 is 19.4 Å². The second-order valence-electron chi connectivity index (χ2n) is 2.75. The van der Waals surface area contributed by atoms with Gasteiger partial charge in [0, 0.05) is 11.5 Å². The first-order chi connectivity index (χ1) is 7.61. The van der Waals surface area contributed by atoms with Gasteiger partial charge >= 0.3 is 12.1 Å². The Balaban J connectivity index is 4.01. The second kappa shape index (κ2) is 8.84. The Bertz CT molecular complexity index is 268. The summed E-state index contributed by atoms with van der Waals surface area (Å²) in [7, 11) is 0. The fourth-order valence-electron chi connectivity index (χ4n) is 0.762. The third kappa shape index (κ3) is 6.94. The number of amides is 1. The number of thioether (sulfide) groups is 1. The van der Waals surface area contributed by atoms with Gasteiger partial charge in [0.15, 0.2) is 0 Å².